The number of methoxy groups -OCH3 is 1. The Morgan fingerprint density at radius 2 is 2.43 bits per heavy atom. The number of hydrogen-bond donors (Lipinski definition) is 1. The molecule has 0 spiro atoms. The highest BCUT2D eigenvalue weighted by Gasteiger charge is 2.07. The van der Waals surface area contributed by atoms with Crippen molar-refractivity contribution in [2.75, 3.05) is 20.3 Å². The number of carbonyl (C=O) groups excluding carboxylic acids is 1. The topological polar surface area (TPSA) is 77.2 Å². The molecule has 0 unspecified atom stereocenters. The minimum atomic E-state index is -0.136. The SMILES string of the molecule is COCCNC(=O)Cc1noc(C)n1. The van der Waals surface area contributed by atoms with Gasteiger partial charge < -0.3 is 14.6 Å². The van der Waals surface area contributed by atoms with Crippen LogP contribution in [-0.4, -0.2) is 36.3 Å². The van der Waals surface area contributed by atoms with E-state index in [9.17, 15) is 4.79 Å². The number of nitrogens with one attached hydrogen (secondary N) is 1. The average Bonchev–Trinajstić information content (AvgIpc) is 2.52. The number of carbonyl (C=O) groups is 1. The molecule has 0 aliphatic heterocycles. The molecular weight excluding hydrogens is 186 g/mol. The Bertz CT molecular complexity index is 298. The van der Waals surface area contributed by atoms with Crippen molar-refractivity contribution >= 4 is 5.91 Å². The third-order valence-corrected chi connectivity index (χ3v) is 1.52. The third kappa shape index (κ3) is 3.53. The molecule has 0 aliphatic rings. The largest absolute Gasteiger partial charge is 0.383 e. The summed E-state index contributed by atoms with van der Waals surface area (Å²) in [7, 11) is 1.58. The van der Waals surface area contributed by atoms with Crippen LogP contribution in [0.4, 0.5) is 0 Å². The van der Waals surface area contributed by atoms with E-state index < -0.39 is 0 Å². The summed E-state index contributed by atoms with van der Waals surface area (Å²) in [6, 6.07) is 0. The molecule has 6 heteroatoms. The van der Waals surface area contributed by atoms with Gasteiger partial charge in [0.2, 0.25) is 11.8 Å². The standard InChI is InChI=1S/C8H13N3O3/c1-6-10-7(11-14-6)5-8(12)9-3-4-13-2/h3-5H2,1-2H3,(H,9,12). The molecule has 0 aromatic carbocycles. The van der Waals surface area contributed by atoms with Crippen LogP contribution in [0.3, 0.4) is 0 Å². The molecule has 14 heavy (non-hydrogen) atoms. The summed E-state index contributed by atoms with van der Waals surface area (Å²) in [6.07, 6.45) is 0.140. The highest BCUT2D eigenvalue weighted by atomic mass is 16.5. The zero-order valence-corrected chi connectivity index (χ0v) is 8.24. The maximum atomic E-state index is 11.2. The van der Waals surface area contributed by atoms with Crippen LogP contribution in [0, 0.1) is 6.92 Å². The summed E-state index contributed by atoms with van der Waals surface area (Å²) < 4.78 is 9.51. The maximum absolute atomic E-state index is 11.2. The first-order valence-electron chi connectivity index (χ1n) is 4.27. The van der Waals surface area contributed by atoms with Crippen molar-refractivity contribution < 1.29 is 14.1 Å². The highest BCUT2D eigenvalue weighted by molar-refractivity contribution is 5.77. The molecule has 1 rings (SSSR count). The first kappa shape index (κ1) is 10.6. The monoisotopic (exact) mass is 199 g/mol. The Morgan fingerprint density at radius 1 is 1.64 bits per heavy atom. The van der Waals surface area contributed by atoms with E-state index in [1.54, 1.807) is 14.0 Å². The molecule has 0 saturated carbocycles. The number of aryl methyl sites for hydroxylation is 1. The van der Waals surface area contributed by atoms with Gasteiger partial charge in [-0.15, -0.1) is 0 Å². The van der Waals surface area contributed by atoms with Crippen molar-refractivity contribution in [2.45, 2.75) is 13.3 Å². The number of amides is 1. The summed E-state index contributed by atoms with van der Waals surface area (Å²) in [5.41, 5.74) is 0. The molecule has 1 N–H and O–H groups in total. The summed E-state index contributed by atoms with van der Waals surface area (Å²) in [4.78, 5) is 15.1. The van der Waals surface area contributed by atoms with Gasteiger partial charge in [-0.25, -0.2) is 0 Å². The quantitative estimate of drug-likeness (QED) is 0.658. The molecule has 0 bridgehead atoms. The first-order chi connectivity index (χ1) is 6.72. The van der Waals surface area contributed by atoms with E-state index in [-0.39, 0.29) is 12.3 Å². The fraction of sp³-hybridized carbons (Fsp3) is 0.625. The molecule has 78 valence electrons. The molecule has 0 saturated heterocycles. The van der Waals surface area contributed by atoms with Crippen molar-refractivity contribution in [1.29, 1.82) is 0 Å². The predicted molar refractivity (Wildman–Crippen MR) is 47.6 cm³/mol. The van der Waals surface area contributed by atoms with Crippen LogP contribution < -0.4 is 5.32 Å². The second kappa shape index (κ2) is 5.33. The summed E-state index contributed by atoms with van der Waals surface area (Å²) in [5.74, 6) is 0.727. The lowest BCUT2D eigenvalue weighted by molar-refractivity contribution is -0.120. The third-order valence-electron chi connectivity index (χ3n) is 1.52. The number of aromatic nitrogens is 2. The minimum absolute atomic E-state index is 0.136. The zero-order chi connectivity index (χ0) is 10.4. The van der Waals surface area contributed by atoms with Gasteiger partial charge in [-0.2, -0.15) is 4.98 Å². The number of hydrogen-bond acceptors (Lipinski definition) is 5. The Morgan fingerprint density at radius 3 is 3.00 bits per heavy atom. The maximum Gasteiger partial charge on any atom is 0.227 e. The molecule has 1 heterocycles. The van der Waals surface area contributed by atoms with Gasteiger partial charge in [0, 0.05) is 20.6 Å². The van der Waals surface area contributed by atoms with E-state index >= 15 is 0 Å². The Kier molecular flexibility index (Phi) is 4.06. The van der Waals surface area contributed by atoms with Crippen LogP contribution in [0.5, 0.6) is 0 Å². The fourth-order valence-corrected chi connectivity index (χ4v) is 0.912. The van der Waals surface area contributed by atoms with E-state index in [0.717, 1.165) is 0 Å². The Hall–Kier alpha value is -1.43. The number of ether oxygens (including phenoxy) is 1. The number of nitrogens with zero attached hydrogens (tertiary/aromatic N) is 2. The van der Waals surface area contributed by atoms with Gasteiger partial charge in [-0.3, -0.25) is 4.79 Å². The van der Waals surface area contributed by atoms with E-state index in [1.807, 2.05) is 0 Å². The fourth-order valence-electron chi connectivity index (χ4n) is 0.912. The molecule has 0 radical (unpaired) electrons. The summed E-state index contributed by atoms with van der Waals surface area (Å²) in [5, 5.41) is 6.26. The van der Waals surface area contributed by atoms with Crippen molar-refractivity contribution in [1.82, 2.24) is 15.5 Å². The van der Waals surface area contributed by atoms with Crippen molar-refractivity contribution in [2.24, 2.45) is 0 Å². The van der Waals surface area contributed by atoms with Gasteiger partial charge >= 0.3 is 0 Å². The van der Waals surface area contributed by atoms with Crippen molar-refractivity contribution in [3.63, 3.8) is 0 Å². The van der Waals surface area contributed by atoms with Gasteiger partial charge in [0.05, 0.1) is 13.0 Å². The molecule has 6 nitrogen and oxygen atoms in total. The number of rotatable bonds is 5. The van der Waals surface area contributed by atoms with E-state index in [4.69, 9.17) is 9.26 Å². The summed E-state index contributed by atoms with van der Waals surface area (Å²) >= 11 is 0. The van der Waals surface area contributed by atoms with Crippen molar-refractivity contribution in [3.8, 4) is 0 Å². The zero-order valence-electron chi connectivity index (χ0n) is 8.24. The molecule has 0 aliphatic carbocycles. The Labute approximate surface area is 81.6 Å². The molecule has 1 aromatic rings. The van der Waals surface area contributed by atoms with Gasteiger partial charge in [0.25, 0.3) is 0 Å². The molecule has 0 fully saturated rings. The van der Waals surface area contributed by atoms with Gasteiger partial charge in [-0.05, 0) is 0 Å². The molecule has 0 atom stereocenters. The van der Waals surface area contributed by atoms with Crippen LogP contribution in [0.15, 0.2) is 4.52 Å². The highest BCUT2D eigenvalue weighted by Crippen LogP contribution is 1.95. The molecule has 1 amide bonds. The van der Waals surface area contributed by atoms with Crippen LogP contribution in [-0.2, 0) is 16.0 Å². The lowest BCUT2D eigenvalue weighted by atomic mass is 10.4. The average molecular weight is 199 g/mol. The van der Waals surface area contributed by atoms with E-state index in [1.165, 1.54) is 0 Å². The molecule has 1 aromatic heterocycles. The second-order valence-electron chi connectivity index (χ2n) is 2.75. The van der Waals surface area contributed by atoms with Crippen LogP contribution >= 0.6 is 0 Å². The normalized spacial score (nSPS) is 10.1. The summed E-state index contributed by atoms with van der Waals surface area (Å²) in [6.45, 7) is 2.67. The van der Waals surface area contributed by atoms with Crippen LogP contribution in [0.1, 0.15) is 11.7 Å². The predicted octanol–water partition coefficient (Wildman–Crippen LogP) is -0.317. The van der Waals surface area contributed by atoms with E-state index in [2.05, 4.69) is 15.5 Å². The lowest BCUT2D eigenvalue weighted by Crippen LogP contribution is -2.28. The van der Waals surface area contributed by atoms with Gasteiger partial charge in [0.15, 0.2) is 5.82 Å². The van der Waals surface area contributed by atoms with Crippen LogP contribution in [0.2, 0.25) is 0 Å². The van der Waals surface area contributed by atoms with E-state index in [0.29, 0.717) is 24.9 Å². The lowest BCUT2D eigenvalue weighted by Gasteiger charge is -2.01. The minimum Gasteiger partial charge on any atom is -0.383 e. The second-order valence-corrected chi connectivity index (χ2v) is 2.75. The van der Waals surface area contributed by atoms with Gasteiger partial charge in [-0.1, -0.05) is 5.16 Å². The molecular formula is C8H13N3O3. The van der Waals surface area contributed by atoms with Crippen LogP contribution in [0.25, 0.3) is 0 Å². The van der Waals surface area contributed by atoms with Gasteiger partial charge in [0.1, 0.15) is 0 Å². The Balaban J connectivity index is 2.27. The van der Waals surface area contributed by atoms with Crippen molar-refractivity contribution in [3.05, 3.63) is 11.7 Å². The smallest absolute Gasteiger partial charge is 0.227 e. The first-order valence-corrected chi connectivity index (χ1v) is 4.27.